The molecule has 1 aliphatic heterocycles. The van der Waals surface area contributed by atoms with E-state index < -0.39 is 84.1 Å². The molecular weight excluding hydrogens is 684 g/mol. The van der Waals surface area contributed by atoms with Gasteiger partial charge in [-0.05, 0) is 55.2 Å². The number of ether oxygens (including phenoxy) is 6. The van der Waals surface area contributed by atoms with Gasteiger partial charge in [0.2, 0.25) is 18.3 Å². The summed E-state index contributed by atoms with van der Waals surface area (Å²) in [5, 5.41) is 30.9. The molecule has 0 saturated heterocycles. The normalized spacial score (nSPS) is 26.5. The maximum absolute atomic E-state index is 13.6. The Morgan fingerprint density at radius 2 is 1.67 bits per heavy atom. The second-order valence-corrected chi connectivity index (χ2v) is 13.5. The Morgan fingerprint density at radius 1 is 0.942 bits per heavy atom. The smallest absolute Gasteiger partial charge is 0.353 e. The van der Waals surface area contributed by atoms with Gasteiger partial charge in [-0.1, -0.05) is 43.3 Å². The third kappa shape index (κ3) is 6.22. The summed E-state index contributed by atoms with van der Waals surface area (Å²) in [4.78, 5) is 75.0. The molecule has 15 heteroatoms. The minimum atomic E-state index is -2.11. The van der Waals surface area contributed by atoms with Gasteiger partial charge in [0.05, 0.1) is 31.0 Å². The molecule has 2 bridgehead atoms. The van der Waals surface area contributed by atoms with Crippen molar-refractivity contribution in [3.8, 4) is 11.5 Å². The van der Waals surface area contributed by atoms with Gasteiger partial charge in [0.15, 0.2) is 17.6 Å². The van der Waals surface area contributed by atoms with Crippen LogP contribution in [0.1, 0.15) is 68.7 Å². The van der Waals surface area contributed by atoms with Crippen molar-refractivity contribution in [2.75, 3.05) is 7.11 Å². The summed E-state index contributed by atoms with van der Waals surface area (Å²) >= 11 is 0. The number of carboxylic acid groups (broad SMARTS) is 2. The van der Waals surface area contributed by atoms with Gasteiger partial charge >= 0.3 is 35.8 Å². The van der Waals surface area contributed by atoms with E-state index in [4.69, 9.17) is 33.5 Å². The van der Waals surface area contributed by atoms with Crippen molar-refractivity contribution >= 4 is 35.8 Å². The van der Waals surface area contributed by atoms with Crippen LogP contribution in [0.5, 0.6) is 11.5 Å². The van der Waals surface area contributed by atoms with Crippen LogP contribution in [0.25, 0.3) is 0 Å². The molecule has 15 nitrogen and oxygen atoms in total. The number of hydrogen-bond donors (Lipinski definition) is 3. The summed E-state index contributed by atoms with van der Waals surface area (Å²) in [5.41, 5.74) is -0.279. The monoisotopic (exact) mass is 722 g/mol. The first-order valence-electron chi connectivity index (χ1n) is 16.8. The van der Waals surface area contributed by atoms with Crippen LogP contribution in [0.3, 0.4) is 0 Å². The van der Waals surface area contributed by atoms with Crippen molar-refractivity contribution < 1.29 is 72.5 Å². The molecule has 276 valence electrons. The van der Waals surface area contributed by atoms with E-state index in [1.54, 1.807) is 12.1 Å². The number of carbonyl (C=O) groups is 6. The zero-order chi connectivity index (χ0) is 37.5. The highest BCUT2D eigenvalue weighted by atomic mass is 16.6. The van der Waals surface area contributed by atoms with Crippen molar-refractivity contribution in [1.29, 1.82) is 0 Å². The average Bonchev–Trinajstić information content (AvgIpc) is 3.45. The maximum atomic E-state index is 13.6. The van der Waals surface area contributed by atoms with E-state index in [1.165, 1.54) is 31.4 Å². The van der Waals surface area contributed by atoms with Crippen LogP contribution >= 0.6 is 0 Å². The first-order chi connectivity index (χ1) is 24.7. The third-order valence-corrected chi connectivity index (χ3v) is 10.5. The summed E-state index contributed by atoms with van der Waals surface area (Å²) < 4.78 is 33.3. The number of aliphatic carboxylic acids is 2. The highest BCUT2D eigenvalue weighted by molar-refractivity contribution is 5.88. The van der Waals surface area contributed by atoms with Crippen LogP contribution in [-0.4, -0.2) is 82.2 Å². The van der Waals surface area contributed by atoms with E-state index in [1.807, 2.05) is 12.1 Å². The lowest BCUT2D eigenvalue weighted by atomic mass is 9.45. The number of esters is 4. The molecule has 1 saturated carbocycles. The van der Waals surface area contributed by atoms with E-state index in [0.717, 1.165) is 24.5 Å². The fraction of sp³-hybridized carbons (Fsp3) is 0.459. The molecule has 2 aromatic carbocycles. The number of hydrogen-bond acceptors (Lipinski definition) is 13. The number of rotatable bonds is 13. The first kappa shape index (κ1) is 36.4. The largest absolute Gasteiger partial charge is 0.493 e. The van der Waals surface area contributed by atoms with Gasteiger partial charge in [0, 0.05) is 18.1 Å². The van der Waals surface area contributed by atoms with Gasteiger partial charge in [-0.2, -0.15) is 0 Å². The lowest BCUT2D eigenvalue weighted by Gasteiger charge is -2.61. The molecule has 52 heavy (non-hydrogen) atoms. The topological polar surface area (TPSA) is 218 Å². The molecule has 3 aliphatic carbocycles. The van der Waals surface area contributed by atoms with Crippen LogP contribution in [-0.2, 0) is 59.6 Å². The van der Waals surface area contributed by atoms with Crippen molar-refractivity contribution in [3.05, 3.63) is 71.0 Å². The Balaban J connectivity index is 1.24. The van der Waals surface area contributed by atoms with Crippen LogP contribution in [0.2, 0.25) is 0 Å². The summed E-state index contributed by atoms with van der Waals surface area (Å²) in [6.45, 7) is 3.10. The molecule has 1 fully saturated rings. The summed E-state index contributed by atoms with van der Waals surface area (Å²) in [6.07, 6.45) is -5.08. The van der Waals surface area contributed by atoms with E-state index in [0.29, 0.717) is 24.3 Å². The molecular formula is C37H38O15. The predicted octanol–water partition coefficient (Wildman–Crippen LogP) is 2.94. The molecule has 0 amide bonds. The molecule has 2 aromatic rings. The number of carboxylic acids is 2. The van der Waals surface area contributed by atoms with Crippen LogP contribution in [0, 0.1) is 11.8 Å². The molecule has 0 aromatic heterocycles. The van der Waals surface area contributed by atoms with Crippen LogP contribution in [0.4, 0.5) is 0 Å². The van der Waals surface area contributed by atoms with Crippen molar-refractivity contribution in [2.24, 2.45) is 11.8 Å². The second-order valence-electron chi connectivity index (χ2n) is 13.5. The SMILES string of the molecule is COc1ccc2c3c1O[C@H]1C(OC(=O)C[C@H](OC(C)=O)C(=O)O[C@H](C(=O)O[C@@H](CC(=O)O)C(=O)O)c4ccccc4)=CC[C@@]4(O)[C@@H](C2)C(C)CC[C@]314. The lowest BCUT2D eigenvalue weighted by molar-refractivity contribution is -0.186. The quantitative estimate of drug-likeness (QED) is 0.200. The lowest BCUT2D eigenvalue weighted by Crippen LogP contribution is -2.69. The third-order valence-electron chi connectivity index (χ3n) is 10.5. The van der Waals surface area contributed by atoms with E-state index in [2.05, 4.69) is 6.92 Å². The molecule has 1 unspecified atom stereocenters. The second kappa shape index (κ2) is 13.9. The van der Waals surface area contributed by atoms with Gasteiger partial charge in [0.25, 0.3) is 0 Å². The molecule has 4 aliphatic rings. The molecule has 1 spiro atoms. The van der Waals surface area contributed by atoms with Gasteiger partial charge in [0.1, 0.15) is 5.76 Å². The van der Waals surface area contributed by atoms with E-state index in [9.17, 15) is 39.0 Å². The molecule has 6 rings (SSSR count). The summed E-state index contributed by atoms with van der Waals surface area (Å²) in [5.74, 6) is -6.93. The van der Waals surface area contributed by atoms with Gasteiger partial charge in [-0.3, -0.25) is 14.4 Å². The Kier molecular flexibility index (Phi) is 9.75. The average molecular weight is 723 g/mol. The van der Waals surface area contributed by atoms with Crippen LogP contribution < -0.4 is 9.47 Å². The number of aliphatic hydroxyl groups is 1. The minimum absolute atomic E-state index is 0.0175. The number of methoxy groups -OCH3 is 1. The standard InChI is InChI=1S/C37H38O15/c1-18-11-13-36-29-21-9-10-23(47-3)31(29)51-32(36)24(12-14-37(36,46)22(18)15-21)49-28(41)17-26(48-19(2)38)34(44)52-30(20-7-5-4-6-8-20)35(45)50-25(33(42)43)16-27(39)40/h4-10,12,18,22,25-26,30,32,46H,11,13-17H2,1-3H3,(H,39,40)(H,42,43)/t18?,22-,25-,26-,30-,32-,36-,37+/m0/s1. The Morgan fingerprint density at radius 3 is 2.33 bits per heavy atom. The van der Waals surface area contributed by atoms with Crippen molar-refractivity contribution in [2.45, 2.75) is 87.8 Å². The zero-order valence-electron chi connectivity index (χ0n) is 28.6. The van der Waals surface area contributed by atoms with E-state index in [-0.39, 0.29) is 29.6 Å². The highest BCUT2D eigenvalue weighted by Gasteiger charge is 2.72. The fourth-order valence-corrected chi connectivity index (χ4v) is 8.27. The molecule has 3 N–H and O–H groups in total. The van der Waals surface area contributed by atoms with Gasteiger partial charge < -0.3 is 43.7 Å². The molecule has 0 radical (unpaired) electrons. The molecule has 8 atom stereocenters. The fourth-order valence-electron chi connectivity index (χ4n) is 8.27. The van der Waals surface area contributed by atoms with Crippen molar-refractivity contribution in [1.82, 2.24) is 0 Å². The minimum Gasteiger partial charge on any atom is -0.493 e. The number of benzene rings is 2. The van der Waals surface area contributed by atoms with E-state index >= 15 is 0 Å². The number of carbonyl (C=O) groups excluding carboxylic acids is 4. The Labute approximate surface area is 297 Å². The highest BCUT2D eigenvalue weighted by Crippen LogP contribution is 2.68. The van der Waals surface area contributed by atoms with Crippen molar-refractivity contribution in [3.63, 3.8) is 0 Å². The van der Waals surface area contributed by atoms with Gasteiger partial charge in [-0.25, -0.2) is 14.4 Å². The predicted molar refractivity (Wildman–Crippen MR) is 174 cm³/mol. The van der Waals surface area contributed by atoms with Gasteiger partial charge in [-0.15, -0.1) is 0 Å². The Hall–Kier alpha value is -5.44. The maximum Gasteiger partial charge on any atom is 0.353 e. The first-order valence-corrected chi connectivity index (χ1v) is 16.8. The summed E-state index contributed by atoms with van der Waals surface area (Å²) in [7, 11) is 1.51. The summed E-state index contributed by atoms with van der Waals surface area (Å²) in [6, 6.07) is 11.1. The molecule has 1 heterocycles. The Bertz CT molecular complexity index is 1840. The van der Waals surface area contributed by atoms with Crippen LogP contribution in [0.15, 0.2) is 54.3 Å². The zero-order valence-corrected chi connectivity index (χ0v) is 28.6.